The monoisotopic (exact) mass is 372 g/mol. The first-order valence-corrected chi connectivity index (χ1v) is 9.40. The van der Waals surface area contributed by atoms with Gasteiger partial charge in [-0.05, 0) is 32.4 Å². The number of ether oxygens (including phenoxy) is 1. The minimum atomic E-state index is -0.174. The normalized spacial score (nSPS) is 18.6. The SMILES string of the molecule is CCOC(C)c1noc(CNC(=NC)NC2CCN(c3ccccc3)C2)n1. The molecule has 1 aromatic heterocycles. The van der Waals surface area contributed by atoms with E-state index in [4.69, 9.17) is 9.26 Å². The summed E-state index contributed by atoms with van der Waals surface area (Å²) in [6.07, 6.45) is 0.888. The number of benzene rings is 1. The highest BCUT2D eigenvalue weighted by atomic mass is 16.5. The summed E-state index contributed by atoms with van der Waals surface area (Å²) in [5, 5.41) is 10.7. The van der Waals surface area contributed by atoms with Crippen LogP contribution in [-0.2, 0) is 11.3 Å². The van der Waals surface area contributed by atoms with Gasteiger partial charge in [0.15, 0.2) is 11.8 Å². The van der Waals surface area contributed by atoms with E-state index in [9.17, 15) is 0 Å². The number of nitrogens with one attached hydrogen (secondary N) is 2. The smallest absolute Gasteiger partial charge is 0.246 e. The number of hydrogen-bond donors (Lipinski definition) is 2. The van der Waals surface area contributed by atoms with Gasteiger partial charge in [0.05, 0.1) is 6.54 Å². The second-order valence-corrected chi connectivity index (χ2v) is 6.48. The lowest BCUT2D eigenvalue weighted by molar-refractivity contribution is 0.0683. The summed E-state index contributed by atoms with van der Waals surface area (Å²) < 4.78 is 10.8. The second kappa shape index (κ2) is 9.36. The number of rotatable bonds is 7. The highest BCUT2D eigenvalue weighted by Crippen LogP contribution is 2.19. The maximum atomic E-state index is 5.48. The van der Waals surface area contributed by atoms with Crippen LogP contribution in [0.3, 0.4) is 0 Å². The van der Waals surface area contributed by atoms with Crippen LogP contribution in [0.2, 0.25) is 0 Å². The Morgan fingerprint density at radius 3 is 2.96 bits per heavy atom. The van der Waals surface area contributed by atoms with Gasteiger partial charge >= 0.3 is 0 Å². The molecule has 0 bridgehead atoms. The molecule has 2 aromatic rings. The van der Waals surface area contributed by atoms with Crippen molar-refractivity contribution in [2.24, 2.45) is 4.99 Å². The van der Waals surface area contributed by atoms with E-state index in [1.807, 2.05) is 19.9 Å². The zero-order valence-electron chi connectivity index (χ0n) is 16.2. The van der Waals surface area contributed by atoms with Crippen LogP contribution in [0.1, 0.15) is 38.1 Å². The van der Waals surface area contributed by atoms with Gasteiger partial charge in [0.25, 0.3) is 0 Å². The summed E-state index contributed by atoms with van der Waals surface area (Å²) in [5.74, 6) is 1.80. The fourth-order valence-corrected chi connectivity index (χ4v) is 3.13. The van der Waals surface area contributed by atoms with Gasteiger partial charge in [0.1, 0.15) is 6.10 Å². The van der Waals surface area contributed by atoms with Crippen LogP contribution in [0.4, 0.5) is 5.69 Å². The molecule has 0 radical (unpaired) electrons. The van der Waals surface area contributed by atoms with E-state index < -0.39 is 0 Å². The Balaban J connectivity index is 1.47. The van der Waals surface area contributed by atoms with E-state index in [1.54, 1.807) is 7.05 Å². The van der Waals surface area contributed by atoms with Crippen LogP contribution in [0.5, 0.6) is 0 Å². The first-order chi connectivity index (χ1) is 13.2. The molecule has 1 fully saturated rings. The molecule has 1 aliphatic rings. The standard InChI is InChI=1S/C19H28N6O2/c1-4-26-14(2)18-23-17(27-24-18)12-21-19(20-3)22-15-10-11-25(13-15)16-8-6-5-7-9-16/h5-9,14-15H,4,10-13H2,1-3H3,(H2,20,21,22). The van der Waals surface area contributed by atoms with Crippen molar-refractivity contribution in [1.29, 1.82) is 0 Å². The van der Waals surface area contributed by atoms with Crippen molar-refractivity contribution in [3.63, 3.8) is 0 Å². The molecule has 1 aliphatic heterocycles. The Morgan fingerprint density at radius 1 is 1.41 bits per heavy atom. The number of para-hydroxylation sites is 1. The lowest BCUT2D eigenvalue weighted by Gasteiger charge is -2.20. The molecule has 2 heterocycles. The van der Waals surface area contributed by atoms with Gasteiger partial charge in [0, 0.05) is 38.5 Å². The zero-order chi connectivity index (χ0) is 19.1. The number of guanidine groups is 1. The Morgan fingerprint density at radius 2 is 2.22 bits per heavy atom. The van der Waals surface area contributed by atoms with Crippen molar-refractivity contribution in [3.8, 4) is 0 Å². The van der Waals surface area contributed by atoms with Crippen LogP contribution in [0, 0.1) is 0 Å². The number of aliphatic imine (C=N–C) groups is 1. The van der Waals surface area contributed by atoms with Gasteiger partial charge in [-0.15, -0.1) is 0 Å². The van der Waals surface area contributed by atoms with E-state index in [1.165, 1.54) is 5.69 Å². The summed E-state index contributed by atoms with van der Waals surface area (Å²) >= 11 is 0. The molecule has 27 heavy (non-hydrogen) atoms. The minimum Gasteiger partial charge on any atom is -0.371 e. The largest absolute Gasteiger partial charge is 0.371 e. The molecule has 0 spiro atoms. The molecule has 2 unspecified atom stereocenters. The van der Waals surface area contributed by atoms with Gasteiger partial charge in [-0.2, -0.15) is 4.98 Å². The number of nitrogens with zero attached hydrogens (tertiary/aromatic N) is 4. The minimum absolute atomic E-state index is 0.174. The average molecular weight is 372 g/mol. The molecule has 3 rings (SSSR count). The fraction of sp³-hybridized carbons (Fsp3) is 0.526. The van der Waals surface area contributed by atoms with Crippen molar-refractivity contribution < 1.29 is 9.26 Å². The lowest BCUT2D eigenvalue weighted by atomic mass is 10.3. The van der Waals surface area contributed by atoms with Crippen LogP contribution in [0.25, 0.3) is 0 Å². The average Bonchev–Trinajstić information content (AvgIpc) is 3.36. The molecular formula is C19H28N6O2. The first-order valence-electron chi connectivity index (χ1n) is 9.40. The topological polar surface area (TPSA) is 87.8 Å². The molecule has 1 saturated heterocycles. The Hall–Kier alpha value is -2.61. The Labute approximate surface area is 160 Å². The lowest BCUT2D eigenvalue weighted by Crippen LogP contribution is -2.44. The van der Waals surface area contributed by atoms with Crippen LogP contribution >= 0.6 is 0 Å². The number of hydrogen-bond acceptors (Lipinski definition) is 6. The van der Waals surface area contributed by atoms with Crippen molar-refractivity contribution in [2.75, 3.05) is 31.6 Å². The molecule has 0 saturated carbocycles. The quantitative estimate of drug-likeness (QED) is 0.568. The van der Waals surface area contributed by atoms with Gasteiger partial charge in [-0.1, -0.05) is 23.4 Å². The van der Waals surface area contributed by atoms with E-state index in [-0.39, 0.29) is 6.10 Å². The van der Waals surface area contributed by atoms with Crippen LogP contribution < -0.4 is 15.5 Å². The third-order valence-corrected chi connectivity index (χ3v) is 4.55. The summed E-state index contributed by atoms with van der Waals surface area (Å²) in [7, 11) is 1.76. The van der Waals surface area contributed by atoms with Gasteiger partial charge in [-0.3, -0.25) is 4.99 Å². The maximum absolute atomic E-state index is 5.48. The van der Waals surface area contributed by atoms with E-state index >= 15 is 0 Å². The molecule has 2 N–H and O–H groups in total. The van der Waals surface area contributed by atoms with Crippen molar-refractivity contribution >= 4 is 11.6 Å². The van der Waals surface area contributed by atoms with E-state index in [2.05, 4.69) is 54.9 Å². The molecule has 146 valence electrons. The highest BCUT2D eigenvalue weighted by molar-refractivity contribution is 5.80. The number of anilines is 1. The fourth-order valence-electron chi connectivity index (χ4n) is 3.13. The summed E-state index contributed by atoms with van der Waals surface area (Å²) in [6, 6.07) is 10.8. The summed E-state index contributed by atoms with van der Waals surface area (Å²) in [4.78, 5) is 11.0. The number of aromatic nitrogens is 2. The molecule has 0 amide bonds. The Bertz CT molecular complexity index is 733. The second-order valence-electron chi connectivity index (χ2n) is 6.48. The van der Waals surface area contributed by atoms with Gasteiger partial charge < -0.3 is 24.8 Å². The zero-order valence-corrected chi connectivity index (χ0v) is 16.2. The predicted molar refractivity (Wildman–Crippen MR) is 105 cm³/mol. The molecule has 8 heteroatoms. The highest BCUT2D eigenvalue weighted by Gasteiger charge is 2.23. The third-order valence-electron chi connectivity index (χ3n) is 4.55. The van der Waals surface area contributed by atoms with Gasteiger partial charge in [0.2, 0.25) is 5.89 Å². The molecule has 8 nitrogen and oxygen atoms in total. The van der Waals surface area contributed by atoms with Crippen molar-refractivity contribution in [3.05, 3.63) is 42.0 Å². The summed E-state index contributed by atoms with van der Waals surface area (Å²) in [5.41, 5.74) is 1.26. The molecule has 0 aliphatic carbocycles. The van der Waals surface area contributed by atoms with Gasteiger partial charge in [-0.25, -0.2) is 0 Å². The van der Waals surface area contributed by atoms with Crippen molar-refractivity contribution in [2.45, 2.75) is 39.0 Å². The Kier molecular flexibility index (Phi) is 6.64. The predicted octanol–water partition coefficient (Wildman–Crippen LogP) is 2.11. The molecule has 2 atom stereocenters. The molecule has 1 aromatic carbocycles. The van der Waals surface area contributed by atoms with Crippen LogP contribution in [0.15, 0.2) is 39.8 Å². The summed E-state index contributed by atoms with van der Waals surface area (Å²) in [6.45, 7) is 6.85. The first kappa shape index (κ1) is 19.2. The third kappa shape index (κ3) is 5.19. The van der Waals surface area contributed by atoms with Crippen molar-refractivity contribution in [1.82, 2.24) is 20.8 Å². The molecular weight excluding hydrogens is 344 g/mol. The van der Waals surface area contributed by atoms with Crippen LogP contribution in [-0.4, -0.2) is 48.9 Å². The van der Waals surface area contributed by atoms with E-state index in [0.717, 1.165) is 25.5 Å². The maximum Gasteiger partial charge on any atom is 0.246 e. The van der Waals surface area contributed by atoms with E-state index in [0.29, 0.717) is 30.9 Å².